The highest BCUT2D eigenvalue weighted by molar-refractivity contribution is 6.33. The molecular formula is C27H30ClN7O4. The summed E-state index contributed by atoms with van der Waals surface area (Å²) in [6, 6.07) is 8.96. The van der Waals surface area contributed by atoms with Crippen molar-refractivity contribution in [1.82, 2.24) is 19.9 Å². The van der Waals surface area contributed by atoms with Crippen LogP contribution in [0.25, 0.3) is 0 Å². The van der Waals surface area contributed by atoms with Gasteiger partial charge in [-0.1, -0.05) is 18.2 Å². The molecule has 12 heteroatoms. The van der Waals surface area contributed by atoms with Gasteiger partial charge >= 0.3 is 0 Å². The maximum atomic E-state index is 12.1. The first kappa shape index (κ1) is 27.6. The number of carbonyl (C=O) groups is 2. The number of allylic oxidation sites excluding steroid dienone is 1. The lowest BCUT2D eigenvalue weighted by Crippen LogP contribution is -2.48. The van der Waals surface area contributed by atoms with Crippen molar-refractivity contribution in [2.75, 3.05) is 55.9 Å². The van der Waals surface area contributed by atoms with Crippen LogP contribution in [-0.4, -0.2) is 71.9 Å². The summed E-state index contributed by atoms with van der Waals surface area (Å²) in [5.41, 5.74) is 2.02. The number of ketones is 1. The van der Waals surface area contributed by atoms with Gasteiger partial charge in [-0.2, -0.15) is 9.97 Å². The molecule has 0 spiro atoms. The smallest absolute Gasteiger partial charge is 0.229 e. The van der Waals surface area contributed by atoms with E-state index in [0.717, 1.165) is 0 Å². The van der Waals surface area contributed by atoms with E-state index in [0.29, 0.717) is 77.4 Å². The molecule has 1 fully saturated rings. The number of carbonyl (C=O) groups excluding carboxylic acids is 2. The van der Waals surface area contributed by atoms with Crippen molar-refractivity contribution in [2.24, 2.45) is 0 Å². The summed E-state index contributed by atoms with van der Waals surface area (Å²) in [7, 11) is 3.11. The molecule has 0 aliphatic carbocycles. The number of anilines is 5. The molecule has 1 saturated heterocycles. The van der Waals surface area contributed by atoms with Crippen molar-refractivity contribution in [3.8, 4) is 11.6 Å². The zero-order valence-electron chi connectivity index (χ0n) is 22.0. The Balaban J connectivity index is 1.57. The van der Waals surface area contributed by atoms with E-state index in [1.807, 2.05) is 11.0 Å². The van der Waals surface area contributed by atoms with Crippen molar-refractivity contribution in [3.63, 3.8) is 0 Å². The van der Waals surface area contributed by atoms with Crippen LogP contribution in [0.4, 0.5) is 29.0 Å². The number of benzene rings is 1. The number of piperazine rings is 1. The quantitative estimate of drug-likeness (QED) is 0.357. The Bertz CT molecular complexity index is 1380. The average Bonchev–Trinajstić information content (AvgIpc) is 2.95. The average molecular weight is 552 g/mol. The Morgan fingerprint density at radius 2 is 1.85 bits per heavy atom. The molecule has 39 heavy (non-hydrogen) atoms. The van der Waals surface area contributed by atoms with Gasteiger partial charge in [0.25, 0.3) is 0 Å². The molecule has 11 nitrogen and oxygen atoms in total. The monoisotopic (exact) mass is 551 g/mol. The SMILES string of the molecule is C=CC(=O)Cc1cc(OC)ccc1Nc1nc(Nc2cc(OC)nc(N3CCN(C(C)=O)CC3)c2)ncc1Cl. The number of nitrogens with one attached hydrogen (secondary N) is 2. The van der Waals surface area contributed by atoms with Crippen LogP contribution < -0.4 is 25.0 Å². The third-order valence-corrected chi connectivity index (χ3v) is 6.48. The number of aromatic nitrogens is 3. The molecule has 2 aromatic heterocycles. The molecule has 1 aliphatic rings. The van der Waals surface area contributed by atoms with Crippen molar-refractivity contribution >= 4 is 52.3 Å². The van der Waals surface area contributed by atoms with Gasteiger partial charge in [0.2, 0.25) is 17.7 Å². The second-order valence-electron chi connectivity index (χ2n) is 8.76. The third-order valence-electron chi connectivity index (χ3n) is 6.20. The number of amides is 1. The first-order valence-corrected chi connectivity index (χ1v) is 12.6. The van der Waals surface area contributed by atoms with E-state index < -0.39 is 0 Å². The number of pyridine rings is 1. The lowest BCUT2D eigenvalue weighted by atomic mass is 10.1. The fourth-order valence-electron chi connectivity index (χ4n) is 4.08. The van der Waals surface area contributed by atoms with Gasteiger partial charge in [-0.15, -0.1) is 0 Å². The van der Waals surface area contributed by atoms with E-state index in [-0.39, 0.29) is 18.1 Å². The molecular weight excluding hydrogens is 522 g/mol. The molecule has 204 valence electrons. The number of hydrogen-bond donors (Lipinski definition) is 2. The molecule has 0 radical (unpaired) electrons. The molecule has 0 unspecified atom stereocenters. The van der Waals surface area contributed by atoms with Gasteiger partial charge in [-0.3, -0.25) is 9.59 Å². The lowest BCUT2D eigenvalue weighted by molar-refractivity contribution is -0.129. The summed E-state index contributed by atoms with van der Waals surface area (Å²) in [6.45, 7) is 7.69. The number of methoxy groups -OCH3 is 2. The number of hydrogen-bond acceptors (Lipinski definition) is 10. The minimum Gasteiger partial charge on any atom is -0.497 e. The molecule has 0 saturated carbocycles. The minimum absolute atomic E-state index is 0.0639. The van der Waals surface area contributed by atoms with Crippen LogP contribution in [0.5, 0.6) is 11.6 Å². The van der Waals surface area contributed by atoms with Gasteiger partial charge in [-0.25, -0.2) is 4.98 Å². The predicted molar refractivity (Wildman–Crippen MR) is 151 cm³/mol. The summed E-state index contributed by atoms with van der Waals surface area (Å²) >= 11 is 6.41. The van der Waals surface area contributed by atoms with Crippen LogP contribution in [0.3, 0.4) is 0 Å². The summed E-state index contributed by atoms with van der Waals surface area (Å²) in [4.78, 5) is 41.1. The van der Waals surface area contributed by atoms with Crippen molar-refractivity contribution < 1.29 is 19.1 Å². The molecule has 3 heterocycles. The first-order chi connectivity index (χ1) is 18.8. The largest absolute Gasteiger partial charge is 0.497 e. The molecule has 1 aromatic carbocycles. The highest BCUT2D eigenvalue weighted by atomic mass is 35.5. The number of halogens is 1. The van der Waals surface area contributed by atoms with E-state index in [1.165, 1.54) is 12.3 Å². The molecule has 0 bridgehead atoms. The maximum Gasteiger partial charge on any atom is 0.229 e. The summed E-state index contributed by atoms with van der Waals surface area (Å²) in [5, 5.41) is 6.70. The van der Waals surface area contributed by atoms with Crippen molar-refractivity contribution in [2.45, 2.75) is 13.3 Å². The molecule has 1 aliphatic heterocycles. The van der Waals surface area contributed by atoms with Crippen LogP contribution in [0.2, 0.25) is 5.02 Å². The molecule has 0 atom stereocenters. The molecule has 3 aromatic rings. The Morgan fingerprint density at radius 1 is 1.08 bits per heavy atom. The second kappa shape index (κ2) is 12.4. The van der Waals surface area contributed by atoms with Crippen molar-refractivity contribution in [1.29, 1.82) is 0 Å². The van der Waals surface area contributed by atoms with E-state index in [1.54, 1.807) is 45.4 Å². The fourth-order valence-corrected chi connectivity index (χ4v) is 4.22. The zero-order valence-corrected chi connectivity index (χ0v) is 22.8. The molecule has 2 N–H and O–H groups in total. The summed E-state index contributed by atoms with van der Waals surface area (Å²) in [5.74, 6) is 2.33. The van der Waals surface area contributed by atoms with Gasteiger partial charge < -0.3 is 29.9 Å². The van der Waals surface area contributed by atoms with E-state index >= 15 is 0 Å². The maximum absolute atomic E-state index is 12.1. The number of ether oxygens (including phenoxy) is 2. The van der Waals surface area contributed by atoms with Crippen LogP contribution in [-0.2, 0) is 16.0 Å². The van der Waals surface area contributed by atoms with Gasteiger partial charge in [-0.05, 0) is 29.8 Å². The van der Waals surface area contributed by atoms with E-state index in [9.17, 15) is 9.59 Å². The molecule has 4 rings (SSSR count). The van der Waals surface area contributed by atoms with Gasteiger partial charge in [0, 0.05) is 63.0 Å². The second-order valence-corrected chi connectivity index (χ2v) is 9.17. The Kier molecular flexibility index (Phi) is 8.82. The van der Waals surface area contributed by atoms with Crippen LogP contribution >= 0.6 is 11.6 Å². The number of nitrogens with zero attached hydrogens (tertiary/aromatic N) is 5. The Morgan fingerprint density at radius 3 is 2.51 bits per heavy atom. The minimum atomic E-state index is -0.132. The van der Waals surface area contributed by atoms with Crippen LogP contribution in [0.15, 0.2) is 49.2 Å². The lowest BCUT2D eigenvalue weighted by Gasteiger charge is -2.35. The summed E-state index contributed by atoms with van der Waals surface area (Å²) in [6.07, 6.45) is 2.90. The van der Waals surface area contributed by atoms with E-state index in [2.05, 4.69) is 37.1 Å². The van der Waals surface area contributed by atoms with Crippen molar-refractivity contribution in [3.05, 3.63) is 59.8 Å². The van der Waals surface area contributed by atoms with E-state index in [4.69, 9.17) is 21.1 Å². The Hall–Kier alpha value is -4.38. The predicted octanol–water partition coefficient (Wildman–Crippen LogP) is 4.00. The summed E-state index contributed by atoms with van der Waals surface area (Å²) < 4.78 is 10.7. The van der Waals surface area contributed by atoms with Gasteiger partial charge in [0.05, 0.1) is 20.4 Å². The standard InChI is InChI=1S/C27H30ClN7O4/c1-5-20(37)12-18-13-21(38-3)6-7-23(18)31-26-22(28)16-29-27(33-26)30-19-14-24(32-25(15-19)39-4)35-10-8-34(9-11-35)17(2)36/h5-7,13-16H,1,8-12H2,2-4H3,(H2,29,30,31,32,33). The fraction of sp³-hybridized carbons (Fsp3) is 0.296. The molecule has 1 amide bonds. The number of rotatable bonds is 10. The first-order valence-electron chi connectivity index (χ1n) is 12.2. The van der Waals surface area contributed by atoms with Gasteiger partial charge in [0.15, 0.2) is 11.6 Å². The highest BCUT2D eigenvalue weighted by Crippen LogP contribution is 2.30. The zero-order chi connectivity index (χ0) is 27.9. The van der Waals surface area contributed by atoms with Crippen LogP contribution in [0.1, 0.15) is 12.5 Å². The van der Waals surface area contributed by atoms with Gasteiger partial charge in [0.1, 0.15) is 16.6 Å². The topological polar surface area (TPSA) is 122 Å². The van der Waals surface area contributed by atoms with Crippen LogP contribution in [0, 0.1) is 0 Å². The Labute approximate surface area is 231 Å². The highest BCUT2D eigenvalue weighted by Gasteiger charge is 2.21. The normalized spacial score (nSPS) is 13.0. The third kappa shape index (κ3) is 6.94.